The van der Waals surface area contributed by atoms with Gasteiger partial charge in [-0.15, -0.1) is 0 Å². The van der Waals surface area contributed by atoms with Crippen LogP contribution in [0.5, 0.6) is 0 Å². The van der Waals surface area contributed by atoms with Gasteiger partial charge in [0.2, 0.25) is 5.91 Å². The highest BCUT2D eigenvalue weighted by atomic mass is 16.4. The second-order valence-corrected chi connectivity index (χ2v) is 5.70. The summed E-state index contributed by atoms with van der Waals surface area (Å²) in [5.74, 6) is -0.938. The van der Waals surface area contributed by atoms with E-state index in [4.69, 9.17) is 5.11 Å². The number of hydrogen-bond donors (Lipinski definition) is 3. The molecule has 0 bridgehead atoms. The van der Waals surface area contributed by atoms with E-state index in [-0.39, 0.29) is 25.4 Å². The van der Waals surface area contributed by atoms with Gasteiger partial charge in [0.05, 0.1) is 18.3 Å². The molecule has 0 saturated carbocycles. The van der Waals surface area contributed by atoms with Crippen molar-refractivity contribution >= 4 is 23.4 Å². The number of carbonyl (C=O) groups is 2. The number of rotatable bonds is 7. The van der Waals surface area contributed by atoms with Crippen LogP contribution in [0.3, 0.4) is 0 Å². The van der Waals surface area contributed by atoms with Gasteiger partial charge < -0.3 is 20.4 Å². The van der Waals surface area contributed by atoms with Gasteiger partial charge in [-0.3, -0.25) is 9.59 Å². The Morgan fingerprint density at radius 3 is 2.78 bits per heavy atom. The van der Waals surface area contributed by atoms with Crippen LogP contribution in [-0.2, 0) is 9.59 Å². The number of aliphatic hydroxyl groups is 1. The van der Waals surface area contributed by atoms with Gasteiger partial charge in [-0.2, -0.15) is 0 Å². The summed E-state index contributed by atoms with van der Waals surface area (Å²) < 4.78 is 0. The number of nitrogens with one attached hydrogen (secondary N) is 1. The first kappa shape index (κ1) is 17.2. The molecule has 1 aromatic heterocycles. The number of carboxylic acid groups (broad SMARTS) is 1. The molecule has 23 heavy (non-hydrogen) atoms. The summed E-state index contributed by atoms with van der Waals surface area (Å²) in [4.78, 5) is 28.5. The highest BCUT2D eigenvalue weighted by molar-refractivity contribution is 5.91. The van der Waals surface area contributed by atoms with Crippen LogP contribution in [0.15, 0.2) is 18.3 Å². The number of hydrogen-bond acceptors (Lipinski definition) is 5. The molecular formula is C16H23N3O4. The van der Waals surface area contributed by atoms with Crippen molar-refractivity contribution in [3.05, 3.63) is 18.3 Å². The Labute approximate surface area is 135 Å². The molecule has 1 atom stereocenters. The van der Waals surface area contributed by atoms with Crippen molar-refractivity contribution in [2.24, 2.45) is 0 Å². The number of pyridine rings is 1. The Balaban J connectivity index is 1.95. The molecule has 3 N–H and O–H groups in total. The quantitative estimate of drug-likeness (QED) is 0.705. The maximum Gasteiger partial charge on any atom is 0.303 e. The normalized spacial score (nSPS) is 17.8. The van der Waals surface area contributed by atoms with Gasteiger partial charge in [0.1, 0.15) is 5.82 Å². The Hall–Kier alpha value is -2.15. The van der Waals surface area contributed by atoms with Crippen LogP contribution in [0.25, 0.3) is 0 Å². The van der Waals surface area contributed by atoms with Gasteiger partial charge in [-0.25, -0.2) is 4.98 Å². The summed E-state index contributed by atoms with van der Waals surface area (Å²) in [6.45, 7) is 1.11. The number of aromatic nitrogens is 1. The molecule has 7 heteroatoms. The first-order valence-electron chi connectivity index (χ1n) is 7.95. The third-order valence-electron chi connectivity index (χ3n) is 4.00. The smallest absolute Gasteiger partial charge is 0.303 e. The maximum absolute atomic E-state index is 11.6. The van der Waals surface area contributed by atoms with Crippen LogP contribution in [0, 0.1) is 0 Å². The van der Waals surface area contributed by atoms with Crippen molar-refractivity contribution in [1.29, 1.82) is 0 Å². The van der Waals surface area contributed by atoms with E-state index in [9.17, 15) is 14.7 Å². The predicted octanol–water partition coefficient (Wildman–Crippen LogP) is 1.63. The summed E-state index contributed by atoms with van der Waals surface area (Å²) in [6.07, 6.45) is 5.55. The summed E-state index contributed by atoms with van der Waals surface area (Å²) in [5, 5.41) is 20.3. The third kappa shape index (κ3) is 5.21. The lowest BCUT2D eigenvalue weighted by atomic mass is 9.99. The van der Waals surface area contributed by atoms with Crippen LogP contribution < -0.4 is 10.2 Å². The fourth-order valence-corrected chi connectivity index (χ4v) is 2.85. The molecule has 0 spiro atoms. The lowest BCUT2D eigenvalue weighted by Crippen LogP contribution is -2.40. The zero-order chi connectivity index (χ0) is 16.7. The Kier molecular flexibility index (Phi) is 6.34. The number of nitrogens with zero attached hydrogens (tertiary/aromatic N) is 2. The fourth-order valence-electron chi connectivity index (χ4n) is 2.85. The van der Waals surface area contributed by atoms with Gasteiger partial charge in [0, 0.05) is 25.6 Å². The molecule has 126 valence electrons. The molecule has 0 aromatic carbocycles. The van der Waals surface area contributed by atoms with E-state index < -0.39 is 5.97 Å². The molecule has 1 aliphatic heterocycles. The highest BCUT2D eigenvalue weighted by Gasteiger charge is 2.22. The van der Waals surface area contributed by atoms with Gasteiger partial charge in [-0.1, -0.05) is 0 Å². The van der Waals surface area contributed by atoms with Gasteiger partial charge >= 0.3 is 5.97 Å². The molecule has 1 fully saturated rings. The summed E-state index contributed by atoms with van der Waals surface area (Å²) in [6, 6.07) is 3.94. The fraction of sp³-hybridized carbons (Fsp3) is 0.562. The number of aliphatic hydroxyl groups excluding tert-OH is 1. The number of anilines is 2. The second kappa shape index (κ2) is 8.47. The highest BCUT2D eigenvalue weighted by Crippen LogP contribution is 2.26. The minimum absolute atomic E-state index is 0.0660. The number of piperidine rings is 1. The zero-order valence-corrected chi connectivity index (χ0v) is 13.1. The Morgan fingerprint density at radius 2 is 2.13 bits per heavy atom. The SMILES string of the molecule is O=C(O)CCC(=O)Nc1ccc(N2CCCCC2CCO)cn1. The van der Waals surface area contributed by atoms with E-state index in [1.54, 1.807) is 12.3 Å². The van der Waals surface area contributed by atoms with Gasteiger partial charge in [0.25, 0.3) is 0 Å². The lowest BCUT2D eigenvalue weighted by molar-refractivity contribution is -0.138. The monoisotopic (exact) mass is 321 g/mol. The van der Waals surface area contributed by atoms with Crippen molar-refractivity contribution in [2.75, 3.05) is 23.4 Å². The minimum atomic E-state index is -0.997. The molecule has 0 radical (unpaired) electrons. The van der Waals surface area contributed by atoms with Crippen molar-refractivity contribution in [3.8, 4) is 0 Å². The molecule has 1 unspecified atom stereocenters. The van der Waals surface area contributed by atoms with E-state index in [0.29, 0.717) is 11.9 Å². The summed E-state index contributed by atoms with van der Waals surface area (Å²) in [5.41, 5.74) is 0.978. The molecular weight excluding hydrogens is 298 g/mol. The summed E-state index contributed by atoms with van der Waals surface area (Å²) in [7, 11) is 0. The first-order chi connectivity index (χ1) is 11.1. The zero-order valence-electron chi connectivity index (χ0n) is 13.1. The van der Waals surface area contributed by atoms with E-state index in [2.05, 4.69) is 15.2 Å². The van der Waals surface area contributed by atoms with Crippen LogP contribution in [0.4, 0.5) is 11.5 Å². The second-order valence-electron chi connectivity index (χ2n) is 5.70. The molecule has 1 aromatic rings. The maximum atomic E-state index is 11.6. The number of amides is 1. The molecule has 1 aliphatic rings. The average Bonchev–Trinajstić information content (AvgIpc) is 2.55. The van der Waals surface area contributed by atoms with E-state index >= 15 is 0 Å². The van der Waals surface area contributed by atoms with E-state index in [1.807, 2.05) is 6.07 Å². The van der Waals surface area contributed by atoms with Crippen LogP contribution in [0.1, 0.15) is 38.5 Å². The Morgan fingerprint density at radius 1 is 1.30 bits per heavy atom. The van der Waals surface area contributed by atoms with Crippen molar-refractivity contribution in [2.45, 2.75) is 44.6 Å². The van der Waals surface area contributed by atoms with Crippen molar-refractivity contribution in [3.63, 3.8) is 0 Å². The van der Waals surface area contributed by atoms with Crippen molar-refractivity contribution < 1.29 is 19.8 Å². The standard InChI is InChI=1S/C16H23N3O4/c20-10-8-12-3-1-2-9-19(12)13-4-5-14(17-11-13)18-15(21)6-7-16(22)23/h4-5,11-12,20H,1-3,6-10H2,(H,22,23)(H,17,18,21). The molecule has 0 aliphatic carbocycles. The van der Waals surface area contributed by atoms with E-state index in [0.717, 1.165) is 31.5 Å². The van der Waals surface area contributed by atoms with Crippen LogP contribution in [0.2, 0.25) is 0 Å². The van der Waals surface area contributed by atoms with Gasteiger partial charge in [-0.05, 0) is 37.8 Å². The Bertz CT molecular complexity index is 531. The topological polar surface area (TPSA) is 103 Å². The molecule has 2 heterocycles. The van der Waals surface area contributed by atoms with Gasteiger partial charge in [0.15, 0.2) is 0 Å². The first-order valence-corrected chi connectivity index (χ1v) is 7.95. The van der Waals surface area contributed by atoms with E-state index in [1.165, 1.54) is 6.42 Å². The van der Waals surface area contributed by atoms with Crippen LogP contribution >= 0.6 is 0 Å². The largest absolute Gasteiger partial charge is 0.481 e. The molecule has 1 amide bonds. The summed E-state index contributed by atoms with van der Waals surface area (Å²) >= 11 is 0. The average molecular weight is 321 g/mol. The number of aliphatic carboxylic acids is 1. The molecule has 7 nitrogen and oxygen atoms in total. The van der Waals surface area contributed by atoms with Crippen LogP contribution in [-0.4, -0.2) is 46.3 Å². The third-order valence-corrected chi connectivity index (χ3v) is 4.00. The molecule has 2 rings (SSSR count). The number of carbonyl (C=O) groups excluding carboxylic acids is 1. The minimum Gasteiger partial charge on any atom is -0.481 e. The number of carboxylic acids is 1. The predicted molar refractivity (Wildman–Crippen MR) is 86.4 cm³/mol. The van der Waals surface area contributed by atoms with Crippen molar-refractivity contribution in [1.82, 2.24) is 4.98 Å². The molecule has 1 saturated heterocycles. The lowest BCUT2D eigenvalue weighted by Gasteiger charge is -2.37.